The summed E-state index contributed by atoms with van der Waals surface area (Å²) in [5, 5.41) is 18.9. The van der Waals surface area contributed by atoms with Crippen LogP contribution >= 0.6 is 0 Å². The quantitative estimate of drug-likeness (QED) is 0.746. The van der Waals surface area contributed by atoms with E-state index in [2.05, 4.69) is 30.3 Å². The van der Waals surface area contributed by atoms with E-state index in [1.807, 2.05) is 18.2 Å². The Balaban J connectivity index is 1.50. The summed E-state index contributed by atoms with van der Waals surface area (Å²) in [6.07, 6.45) is 6.05. The second kappa shape index (κ2) is 5.25. The molecule has 3 heterocycles. The van der Waals surface area contributed by atoms with E-state index >= 15 is 0 Å². The Labute approximate surface area is 126 Å². The van der Waals surface area contributed by atoms with Gasteiger partial charge in [-0.3, -0.25) is 9.89 Å². The first-order chi connectivity index (χ1) is 10.8. The molecule has 3 aromatic rings. The van der Waals surface area contributed by atoms with Gasteiger partial charge in [-0.15, -0.1) is 10.2 Å². The molecule has 0 radical (unpaired) electrons. The molecule has 1 unspecified atom stereocenters. The lowest BCUT2D eigenvalue weighted by atomic mass is 10.1. The molecule has 0 bridgehead atoms. The Morgan fingerprint density at radius 3 is 3.27 bits per heavy atom. The molecule has 1 aliphatic heterocycles. The summed E-state index contributed by atoms with van der Waals surface area (Å²) < 4.78 is 2.06. The van der Waals surface area contributed by atoms with Gasteiger partial charge < -0.3 is 9.88 Å². The Morgan fingerprint density at radius 2 is 2.32 bits per heavy atom. The Kier molecular flexibility index (Phi) is 3.10. The number of H-pyrrole nitrogens is 1. The Hall–Kier alpha value is -2.70. The van der Waals surface area contributed by atoms with Crippen molar-refractivity contribution in [2.75, 3.05) is 0 Å². The van der Waals surface area contributed by atoms with Crippen LogP contribution in [0.5, 0.6) is 0 Å². The highest BCUT2D eigenvalue weighted by atomic mass is 16.1. The second-order valence-electron chi connectivity index (χ2n) is 5.58. The third-order valence-electron chi connectivity index (χ3n) is 4.20. The fourth-order valence-corrected chi connectivity index (χ4v) is 2.98. The van der Waals surface area contributed by atoms with Crippen LogP contribution in [0.25, 0.3) is 10.9 Å². The summed E-state index contributed by atoms with van der Waals surface area (Å²) in [7, 11) is 0. The molecular weight excluding hydrogens is 280 g/mol. The number of aryl methyl sites for hydroxylation is 2. The molecule has 0 saturated carbocycles. The minimum absolute atomic E-state index is 0.0466. The van der Waals surface area contributed by atoms with Gasteiger partial charge in [0.1, 0.15) is 12.2 Å². The van der Waals surface area contributed by atoms with Crippen molar-refractivity contribution in [3.05, 3.63) is 42.1 Å². The number of rotatable bonds is 2. The van der Waals surface area contributed by atoms with Gasteiger partial charge in [0, 0.05) is 24.4 Å². The third-order valence-corrected chi connectivity index (χ3v) is 4.20. The van der Waals surface area contributed by atoms with Crippen LogP contribution in [-0.4, -0.2) is 36.9 Å². The van der Waals surface area contributed by atoms with Crippen molar-refractivity contribution in [1.29, 1.82) is 0 Å². The van der Waals surface area contributed by atoms with Crippen LogP contribution in [0, 0.1) is 0 Å². The molecule has 7 heteroatoms. The molecule has 1 atom stereocenters. The van der Waals surface area contributed by atoms with Crippen LogP contribution in [0.4, 0.5) is 0 Å². The lowest BCUT2D eigenvalue weighted by molar-refractivity contribution is 0.0934. The summed E-state index contributed by atoms with van der Waals surface area (Å²) in [6, 6.07) is 5.76. The van der Waals surface area contributed by atoms with E-state index in [0.29, 0.717) is 5.56 Å². The number of nitrogens with one attached hydrogen (secondary N) is 2. The number of nitrogens with zero attached hydrogens (tertiary/aromatic N) is 4. The summed E-state index contributed by atoms with van der Waals surface area (Å²) in [6.45, 7) is 0.836. The largest absolute Gasteiger partial charge is 0.349 e. The maximum absolute atomic E-state index is 12.6. The number of carbonyl (C=O) groups is 1. The van der Waals surface area contributed by atoms with E-state index in [9.17, 15) is 4.79 Å². The maximum atomic E-state index is 12.6. The highest BCUT2D eigenvalue weighted by Crippen LogP contribution is 2.18. The van der Waals surface area contributed by atoms with Gasteiger partial charge in [-0.2, -0.15) is 5.10 Å². The fraction of sp³-hybridized carbons (Fsp3) is 0.333. The van der Waals surface area contributed by atoms with Crippen molar-refractivity contribution in [3.8, 4) is 0 Å². The van der Waals surface area contributed by atoms with Crippen LogP contribution in [0.15, 0.2) is 30.7 Å². The first kappa shape index (κ1) is 13.0. The van der Waals surface area contributed by atoms with Gasteiger partial charge in [0.15, 0.2) is 0 Å². The van der Waals surface area contributed by atoms with E-state index in [1.54, 1.807) is 12.5 Å². The van der Waals surface area contributed by atoms with Crippen molar-refractivity contribution < 1.29 is 4.79 Å². The van der Waals surface area contributed by atoms with Crippen LogP contribution in [0.2, 0.25) is 0 Å². The average molecular weight is 296 g/mol. The van der Waals surface area contributed by atoms with Gasteiger partial charge in [0.25, 0.3) is 5.91 Å². The molecule has 22 heavy (non-hydrogen) atoms. The van der Waals surface area contributed by atoms with E-state index in [4.69, 9.17) is 0 Å². The van der Waals surface area contributed by atoms with Crippen LogP contribution in [-0.2, 0) is 13.0 Å². The standard InChI is InChI=1S/C15H16N6O/c22-15(11-2-1-3-13-12(11)8-16-19-13)18-10-4-5-14-20-17-9-21(14)7-6-10/h1-3,8-10H,4-7H2,(H,16,19)(H,18,22). The van der Waals surface area contributed by atoms with Crippen molar-refractivity contribution in [2.24, 2.45) is 0 Å². The van der Waals surface area contributed by atoms with Gasteiger partial charge in [-0.05, 0) is 25.0 Å². The zero-order chi connectivity index (χ0) is 14.9. The highest BCUT2D eigenvalue weighted by Gasteiger charge is 2.20. The van der Waals surface area contributed by atoms with Gasteiger partial charge in [0.05, 0.1) is 17.3 Å². The Bertz CT molecular complexity index is 798. The maximum Gasteiger partial charge on any atom is 0.252 e. The second-order valence-corrected chi connectivity index (χ2v) is 5.58. The summed E-state index contributed by atoms with van der Waals surface area (Å²) in [5.41, 5.74) is 1.54. The van der Waals surface area contributed by atoms with E-state index < -0.39 is 0 Å². The number of carbonyl (C=O) groups excluding carboxylic acids is 1. The molecule has 2 aromatic heterocycles. The minimum atomic E-state index is -0.0466. The van der Waals surface area contributed by atoms with E-state index in [-0.39, 0.29) is 11.9 Å². The topological polar surface area (TPSA) is 88.5 Å². The van der Waals surface area contributed by atoms with Gasteiger partial charge >= 0.3 is 0 Å². The number of benzene rings is 1. The average Bonchev–Trinajstić information content (AvgIpc) is 3.15. The first-order valence-electron chi connectivity index (χ1n) is 7.41. The zero-order valence-electron chi connectivity index (χ0n) is 12.0. The van der Waals surface area contributed by atoms with Gasteiger partial charge in [-0.25, -0.2) is 0 Å². The van der Waals surface area contributed by atoms with Crippen LogP contribution in [0.1, 0.15) is 29.0 Å². The molecule has 1 amide bonds. The lowest BCUT2D eigenvalue weighted by Gasteiger charge is -2.16. The minimum Gasteiger partial charge on any atom is -0.349 e. The molecular formula is C15H16N6O. The molecule has 0 fully saturated rings. The third kappa shape index (κ3) is 2.24. The number of hydrogen-bond acceptors (Lipinski definition) is 4. The van der Waals surface area contributed by atoms with Crippen molar-refractivity contribution >= 4 is 16.8 Å². The Morgan fingerprint density at radius 1 is 1.36 bits per heavy atom. The molecule has 112 valence electrons. The molecule has 0 spiro atoms. The fourth-order valence-electron chi connectivity index (χ4n) is 2.98. The number of aromatic amines is 1. The first-order valence-corrected chi connectivity index (χ1v) is 7.41. The van der Waals surface area contributed by atoms with Crippen molar-refractivity contribution in [2.45, 2.75) is 31.8 Å². The summed E-state index contributed by atoms with van der Waals surface area (Å²) in [5.74, 6) is 0.948. The number of amides is 1. The molecule has 4 rings (SSSR count). The van der Waals surface area contributed by atoms with Gasteiger partial charge in [-0.1, -0.05) is 6.07 Å². The molecule has 1 aromatic carbocycles. The highest BCUT2D eigenvalue weighted by molar-refractivity contribution is 6.06. The number of aromatic nitrogens is 5. The van der Waals surface area contributed by atoms with Crippen LogP contribution < -0.4 is 5.32 Å². The lowest BCUT2D eigenvalue weighted by Crippen LogP contribution is -2.35. The SMILES string of the molecule is O=C(NC1CCc2nncn2CC1)c1cccc2[nH]ncc12. The summed E-state index contributed by atoms with van der Waals surface area (Å²) in [4.78, 5) is 12.6. The molecule has 0 saturated heterocycles. The van der Waals surface area contributed by atoms with Crippen molar-refractivity contribution in [3.63, 3.8) is 0 Å². The van der Waals surface area contributed by atoms with E-state index in [0.717, 1.165) is 42.5 Å². The molecule has 0 aliphatic carbocycles. The van der Waals surface area contributed by atoms with E-state index in [1.165, 1.54) is 0 Å². The predicted molar refractivity (Wildman–Crippen MR) is 80.3 cm³/mol. The van der Waals surface area contributed by atoms with Crippen molar-refractivity contribution in [1.82, 2.24) is 30.3 Å². The smallest absolute Gasteiger partial charge is 0.252 e. The van der Waals surface area contributed by atoms with Gasteiger partial charge in [0.2, 0.25) is 0 Å². The van der Waals surface area contributed by atoms with Crippen LogP contribution in [0.3, 0.4) is 0 Å². The number of fused-ring (bicyclic) bond motifs is 2. The molecule has 1 aliphatic rings. The number of hydrogen-bond donors (Lipinski definition) is 2. The zero-order valence-corrected chi connectivity index (χ0v) is 12.0. The summed E-state index contributed by atoms with van der Waals surface area (Å²) >= 11 is 0. The monoisotopic (exact) mass is 296 g/mol. The normalized spacial score (nSPS) is 17.9. The molecule has 7 nitrogen and oxygen atoms in total. The predicted octanol–water partition coefficient (Wildman–Crippen LogP) is 1.29. The molecule has 2 N–H and O–H groups in total.